The molecule has 0 saturated carbocycles. The molecule has 0 N–H and O–H groups in total. The van der Waals surface area contributed by atoms with Crippen LogP contribution in [0.3, 0.4) is 0 Å². The summed E-state index contributed by atoms with van der Waals surface area (Å²) in [5, 5.41) is 0. The fraction of sp³-hybridized carbons (Fsp3) is 0.417. The van der Waals surface area contributed by atoms with Crippen LogP contribution in [0.1, 0.15) is 13.3 Å². The number of para-hydroxylation sites is 2. The third kappa shape index (κ3) is 1.58. The van der Waals surface area contributed by atoms with Crippen molar-refractivity contribution < 1.29 is 4.79 Å². The quantitative estimate of drug-likeness (QED) is 0.644. The van der Waals surface area contributed by atoms with Crippen molar-refractivity contribution in [1.82, 2.24) is 0 Å². The van der Waals surface area contributed by atoms with Crippen molar-refractivity contribution in [3.05, 3.63) is 24.3 Å². The van der Waals surface area contributed by atoms with Crippen molar-refractivity contribution in [3.63, 3.8) is 0 Å². The van der Waals surface area contributed by atoms with Gasteiger partial charge in [0, 0.05) is 26.6 Å². The van der Waals surface area contributed by atoms with Gasteiger partial charge in [0.05, 0.1) is 11.4 Å². The summed E-state index contributed by atoms with van der Waals surface area (Å²) in [7, 11) is 3.88. The van der Waals surface area contributed by atoms with Gasteiger partial charge in [0.25, 0.3) is 0 Å². The van der Waals surface area contributed by atoms with Crippen LogP contribution in [0, 0.1) is 0 Å². The molecule has 3 nitrogen and oxygen atoms in total. The average Bonchev–Trinajstić information content (AvgIpc) is 2.33. The molecule has 1 aromatic rings. The normalized spacial score (nSPS) is 21.3. The molecule has 0 aliphatic carbocycles. The zero-order valence-electron chi connectivity index (χ0n) is 9.40. The molecule has 0 aromatic heterocycles. The molecule has 0 bridgehead atoms. The standard InChI is InChI=1S/C12H16N2O/c1-9-8-12(15)14(3)11-7-5-4-6-10(11)13(9)2/h4-7,9H,8H2,1-3H3/t9-/m0/s1. The second kappa shape index (κ2) is 3.57. The first-order valence-corrected chi connectivity index (χ1v) is 5.19. The average molecular weight is 204 g/mol. The predicted octanol–water partition coefficient (Wildman–Crippen LogP) is 1.88. The number of carbonyl (C=O) groups excluding carboxylic acids is 1. The lowest BCUT2D eigenvalue weighted by atomic mass is 10.2. The molecule has 1 aliphatic rings. The predicted molar refractivity (Wildman–Crippen MR) is 62.3 cm³/mol. The van der Waals surface area contributed by atoms with E-state index in [0.717, 1.165) is 11.4 Å². The summed E-state index contributed by atoms with van der Waals surface area (Å²) in [5.74, 6) is 0.180. The van der Waals surface area contributed by atoms with Crippen LogP contribution in [0.4, 0.5) is 11.4 Å². The molecular weight excluding hydrogens is 188 g/mol. The van der Waals surface area contributed by atoms with Gasteiger partial charge in [-0.2, -0.15) is 0 Å². The van der Waals surface area contributed by atoms with Gasteiger partial charge in [0.1, 0.15) is 0 Å². The molecule has 1 amide bonds. The molecule has 0 radical (unpaired) electrons. The van der Waals surface area contributed by atoms with Crippen LogP contribution in [0.25, 0.3) is 0 Å². The summed E-state index contributed by atoms with van der Waals surface area (Å²) in [6.07, 6.45) is 0.571. The van der Waals surface area contributed by atoms with E-state index in [0.29, 0.717) is 6.42 Å². The molecule has 1 heterocycles. The fourth-order valence-electron chi connectivity index (χ4n) is 1.94. The fourth-order valence-corrected chi connectivity index (χ4v) is 1.94. The molecular formula is C12H16N2O. The van der Waals surface area contributed by atoms with E-state index in [1.54, 1.807) is 4.90 Å². The molecule has 1 aromatic carbocycles. The van der Waals surface area contributed by atoms with Crippen molar-refractivity contribution in [2.45, 2.75) is 19.4 Å². The molecule has 0 spiro atoms. The summed E-state index contributed by atoms with van der Waals surface area (Å²) >= 11 is 0. The molecule has 15 heavy (non-hydrogen) atoms. The lowest BCUT2D eigenvalue weighted by molar-refractivity contribution is -0.118. The SMILES string of the molecule is C[C@H]1CC(=O)N(C)c2ccccc2N1C. The summed E-state index contributed by atoms with van der Waals surface area (Å²) in [5.41, 5.74) is 2.12. The van der Waals surface area contributed by atoms with Crippen molar-refractivity contribution in [3.8, 4) is 0 Å². The Morgan fingerprint density at radius 3 is 2.47 bits per heavy atom. The Bertz CT molecular complexity index is 389. The zero-order valence-corrected chi connectivity index (χ0v) is 9.40. The number of benzene rings is 1. The van der Waals surface area contributed by atoms with E-state index in [4.69, 9.17) is 0 Å². The van der Waals surface area contributed by atoms with E-state index < -0.39 is 0 Å². The van der Waals surface area contributed by atoms with E-state index in [-0.39, 0.29) is 11.9 Å². The molecule has 80 valence electrons. The van der Waals surface area contributed by atoms with Crippen LogP contribution in [0.2, 0.25) is 0 Å². The van der Waals surface area contributed by atoms with Crippen LogP contribution >= 0.6 is 0 Å². The topological polar surface area (TPSA) is 23.6 Å². The molecule has 1 atom stereocenters. The lowest BCUT2D eigenvalue weighted by Crippen LogP contribution is -2.31. The summed E-state index contributed by atoms with van der Waals surface area (Å²) in [6, 6.07) is 8.27. The minimum Gasteiger partial charge on any atom is -0.370 e. The Kier molecular flexibility index (Phi) is 2.39. The second-order valence-electron chi connectivity index (χ2n) is 4.11. The van der Waals surface area contributed by atoms with Gasteiger partial charge in [0.15, 0.2) is 0 Å². The Hall–Kier alpha value is -1.51. The largest absolute Gasteiger partial charge is 0.370 e. The van der Waals surface area contributed by atoms with Crippen molar-refractivity contribution in [2.75, 3.05) is 23.9 Å². The summed E-state index contributed by atoms with van der Waals surface area (Å²) in [4.78, 5) is 15.7. The zero-order chi connectivity index (χ0) is 11.0. The highest BCUT2D eigenvalue weighted by atomic mass is 16.2. The van der Waals surface area contributed by atoms with Gasteiger partial charge in [-0.3, -0.25) is 4.79 Å². The van der Waals surface area contributed by atoms with Gasteiger partial charge in [-0.1, -0.05) is 12.1 Å². The molecule has 0 unspecified atom stereocenters. The van der Waals surface area contributed by atoms with Gasteiger partial charge < -0.3 is 9.80 Å². The number of amides is 1. The maximum atomic E-state index is 11.8. The van der Waals surface area contributed by atoms with Crippen LogP contribution in [0.5, 0.6) is 0 Å². The Morgan fingerprint density at radius 1 is 1.20 bits per heavy atom. The smallest absolute Gasteiger partial charge is 0.228 e. The Morgan fingerprint density at radius 2 is 1.80 bits per heavy atom. The minimum absolute atomic E-state index is 0.180. The monoisotopic (exact) mass is 204 g/mol. The number of hydrogen-bond acceptors (Lipinski definition) is 2. The number of rotatable bonds is 0. The first-order valence-electron chi connectivity index (χ1n) is 5.19. The molecule has 0 saturated heterocycles. The third-order valence-electron chi connectivity index (χ3n) is 3.13. The maximum absolute atomic E-state index is 11.8. The van der Waals surface area contributed by atoms with E-state index >= 15 is 0 Å². The number of hydrogen-bond donors (Lipinski definition) is 0. The highest BCUT2D eigenvalue weighted by Gasteiger charge is 2.25. The van der Waals surface area contributed by atoms with Crippen molar-refractivity contribution in [1.29, 1.82) is 0 Å². The number of nitrogens with zero attached hydrogens (tertiary/aromatic N) is 2. The number of carbonyl (C=O) groups is 1. The van der Waals surface area contributed by atoms with E-state index in [1.165, 1.54) is 0 Å². The lowest BCUT2D eigenvalue weighted by Gasteiger charge is -2.25. The van der Waals surface area contributed by atoms with Crippen LogP contribution in [0.15, 0.2) is 24.3 Å². The van der Waals surface area contributed by atoms with Gasteiger partial charge in [-0.05, 0) is 19.1 Å². The first-order chi connectivity index (χ1) is 7.11. The second-order valence-corrected chi connectivity index (χ2v) is 4.11. The Labute approximate surface area is 90.3 Å². The van der Waals surface area contributed by atoms with Crippen molar-refractivity contribution in [2.24, 2.45) is 0 Å². The Balaban J connectivity index is 2.54. The van der Waals surface area contributed by atoms with Gasteiger partial charge in [0.2, 0.25) is 5.91 Å². The van der Waals surface area contributed by atoms with E-state index in [2.05, 4.69) is 17.9 Å². The molecule has 2 rings (SSSR count). The first kappa shape index (κ1) is 10.0. The van der Waals surface area contributed by atoms with Gasteiger partial charge in [-0.25, -0.2) is 0 Å². The molecule has 1 aliphatic heterocycles. The summed E-state index contributed by atoms with van der Waals surface area (Å²) < 4.78 is 0. The van der Waals surface area contributed by atoms with Crippen molar-refractivity contribution >= 4 is 17.3 Å². The van der Waals surface area contributed by atoms with E-state index in [1.807, 2.05) is 32.3 Å². The number of anilines is 2. The summed E-state index contributed by atoms with van der Waals surface area (Å²) in [6.45, 7) is 2.08. The molecule has 0 fully saturated rings. The molecule has 3 heteroatoms. The maximum Gasteiger partial charge on any atom is 0.228 e. The van der Waals surface area contributed by atoms with Crippen LogP contribution < -0.4 is 9.80 Å². The minimum atomic E-state index is 0.180. The van der Waals surface area contributed by atoms with Crippen LogP contribution in [-0.2, 0) is 4.79 Å². The third-order valence-corrected chi connectivity index (χ3v) is 3.13. The highest BCUT2D eigenvalue weighted by molar-refractivity contribution is 5.98. The van der Waals surface area contributed by atoms with Crippen LogP contribution in [-0.4, -0.2) is 26.0 Å². The van der Waals surface area contributed by atoms with Gasteiger partial charge in [-0.15, -0.1) is 0 Å². The highest BCUT2D eigenvalue weighted by Crippen LogP contribution is 2.32. The van der Waals surface area contributed by atoms with Gasteiger partial charge >= 0.3 is 0 Å². The van der Waals surface area contributed by atoms with E-state index in [9.17, 15) is 4.79 Å². The number of fused-ring (bicyclic) bond motifs is 1.